The maximum Gasteiger partial charge on any atom is 0.347 e. The van der Waals surface area contributed by atoms with E-state index in [0.717, 1.165) is 28.1 Å². The SMILES string of the molecule is Cc1cc(CN(Cc2ccco2)Cc2nc(-c3cccc(F)c3)oc2C)cc(C)c1OC(C)(C)C(=O)O. The van der Waals surface area contributed by atoms with Crippen molar-refractivity contribution in [2.24, 2.45) is 0 Å². The Kier molecular flexibility index (Phi) is 7.50. The second-order valence-electron chi connectivity index (χ2n) is 9.73. The summed E-state index contributed by atoms with van der Waals surface area (Å²) in [5, 5.41) is 9.46. The summed E-state index contributed by atoms with van der Waals surface area (Å²) in [4.78, 5) is 18.4. The predicted molar refractivity (Wildman–Crippen MR) is 137 cm³/mol. The number of hydrogen-bond acceptors (Lipinski definition) is 6. The van der Waals surface area contributed by atoms with Crippen LogP contribution in [0.2, 0.25) is 0 Å². The Morgan fingerprint density at radius 1 is 1.05 bits per heavy atom. The monoisotopic (exact) mass is 506 g/mol. The van der Waals surface area contributed by atoms with Crippen LogP contribution < -0.4 is 4.74 Å². The molecule has 4 rings (SSSR count). The Hall–Kier alpha value is -3.91. The molecule has 1 N–H and O–H groups in total. The number of oxazole rings is 1. The van der Waals surface area contributed by atoms with Crippen LogP contribution in [0.5, 0.6) is 5.75 Å². The highest BCUT2D eigenvalue weighted by Crippen LogP contribution is 2.30. The van der Waals surface area contributed by atoms with Crippen LogP contribution in [0.15, 0.2) is 63.6 Å². The first kappa shape index (κ1) is 26.2. The highest BCUT2D eigenvalue weighted by Gasteiger charge is 2.30. The van der Waals surface area contributed by atoms with E-state index in [1.165, 1.54) is 26.0 Å². The molecule has 0 aliphatic heterocycles. The molecule has 0 aliphatic carbocycles. The molecular weight excluding hydrogens is 475 g/mol. The summed E-state index contributed by atoms with van der Waals surface area (Å²) < 4.78 is 31.0. The van der Waals surface area contributed by atoms with E-state index in [1.54, 1.807) is 18.4 Å². The molecule has 0 fully saturated rings. The van der Waals surface area contributed by atoms with Crippen LogP contribution in [-0.2, 0) is 24.4 Å². The van der Waals surface area contributed by atoms with Crippen molar-refractivity contribution in [3.05, 3.63) is 94.5 Å². The minimum absolute atomic E-state index is 0.348. The van der Waals surface area contributed by atoms with Crippen LogP contribution >= 0.6 is 0 Å². The molecule has 0 unspecified atom stereocenters. The van der Waals surface area contributed by atoms with Crippen LogP contribution in [0.25, 0.3) is 11.5 Å². The molecule has 8 heteroatoms. The Morgan fingerprint density at radius 2 is 1.78 bits per heavy atom. The summed E-state index contributed by atoms with van der Waals surface area (Å²) in [7, 11) is 0. The van der Waals surface area contributed by atoms with Crippen LogP contribution in [0.4, 0.5) is 4.39 Å². The van der Waals surface area contributed by atoms with Crippen molar-refractivity contribution in [1.82, 2.24) is 9.88 Å². The molecule has 0 saturated carbocycles. The first-order valence-corrected chi connectivity index (χ1v) is 12.0. The molecule has 0 amide bonds. The maximum absolute atomic E-state index is 13.7. The zero-order chi connectivity index (χ0) is 26.7. The minimum atomic E-state index is -1.34. The van der Waals surface area contributed by atoms with E-state index in [-0.39, 0.29) is 5.82 Å². The number of carbonyl (C=O) groups is 1. The summed E-state index contributed by atoms with van der Waals surface area (Å²) in [6.07, 6.45) is 1.64. The van der Waals surface area contributed by atoms with Gasteiger partial charge in [-0.15, -0.1) is 0 Å². The second kappa shape index (κ2) is 10.6. The molecule has 0 saturated heterocycles. The van der Waals surface area contributed by atoms with Crippen LogP contribution in [0.1, 0.15) is 47.8 Å². The smallest absolute Gasteiger partial charge is 0.347 e. The van der Waals surface area contributed by atoms with Gasteiger partial charge >= 0.3 is 5.97 Å². The van der Waals surface area contributed by atoms with E-state index in [1.807, 2.05) is 45.0 Å². The molecule has 0 atom stereocenters. The second-order valence-corrected chi connectivity index (χ2v) is 9.73. The average Bonchev–Trinajstić information content (AvgIpc) is 3.46. The number of hydrogen-bond donors (Lipinski definition) is 1. The van der Waals surface area contributed by atoms with Crippen molar-refractivity contribution in [2.45, 2.75) is 59.9 Å². The number of rotatable bonds is 10. The zero-order valence-electron chi connectivity index (χ0n) is 21.7. The number of nitrogens with zero attached hydrogens (tertiary/aromatic N) is 2. The molecule has 4 aromatic rings. The number of aromatic nitrogens is 1. The lowest BCUT2D eigenvalue weighted by atomic mass is 10.0. The van der Waals surface area contributed by atoms with E-state index in [2.05, 4.69) is 9.88 Å². The van der Waals surface area contributed by atoms with Crippen LogP contribution in [0, 0.1) is 26.6 Å². The summed E-state index contributed by atoms with van der Waals surface area (Å²) in [5.41, 5.74) is 2.74. The third-order valence-electron chi connectivity index (χ3n) is 6.10. The number of halogens is 1. The van der Waals surface area contributed by atoms with Gasteiger partial charge in [-0.1, -0.05) is 18.2 Å². The number of carboxylic acid groups (broad SMARTS) is 1. The van der Waals surface area contributed by atoms with E-state index < -0.39 is 11.6 Å². The first-order valence-electron chi connectivity index (χ1n) is 12.0. The molecule has 0 radical (unpaired) electrons. The van der Waals surface area contributed by atoms with Crippen molar-refractivity contribution in [2.75, 3.05) is 0 Å². The molecule has 7 nitrogen and oxygen atoms in total. The summed E-state index contributed by atoms with van der Waals surface area (Å²) in [6.45, 7) is 10.3. The molecule has 194 valence electrons. The van der Waals surface area contributed by atoms with Gasteiger partial charge in [0.1, 0.15) is 23.1 Å². The van der Waals surface area contributed by atoms with Crippen molar-refractivity contribution < 1.29 is 27.9 Å². The molecule has 2 aromatic heterocycles. The molecule has 0 bridgehead atoms. The normalized spacial score (nSPS) is 11.8. The predicted octanol–water partition coefficient (Wildman–Crippen LogP) is 6.44. The summed E-state index contributed by atoms with van der Waals surface area (Å²) in [6, 6.07) is 13.9. The molecular formula is C29H31FN2O5. The molecule has 37 heavy (non-hydrogen) atoms. The quantitative estimate of drug-likeness (QED) is 0.265. The van der Waals surface area contributed by atoms with E-state index in [9.17, 15) is 14.3 Å². The van der Waals surface area contributed by atoms with Crippen LogP contribution in [0.3, 0.4) is 0 Å². The maximum atomic E-state index is 13.7. The summed E-state index contributed by atoms with van der Waals surface area (Å²) in [5.74, 6) is 1.04. The standard InChI is InChI=1S/C29H31FN2O5/c1-18-12-21(13-19(2)26(18)37-29(4,5)28(33)34)15-32(16-24-10-7-11-35-24)17-25-20(3)36-27(31-25)22-8-6-9-23(30)14-22/h6-14H,15-17H2,1-5H3,(H,33,34). The van der Waals surface area contributed by atoms with Crippen molar-refractivity contribution in [3.63, 3.8) is 0 Å². The lowest BCUT2D eigenvalue weighted by Gasteiger charge is -2.25. The van der Waals surface area contributed by atoms with Crippen molar-refractivity contribution in [1.29, 1.82) is 0 Å². The van der Waals surface area contributed by atoms with Crippen molar-refractivity contribution >= 4 is 5.97 Å². The van der Waals surface area contributed by atoms with Gasteiger partial charge in [-0.05, 0) is 81.6 Å². The highest BCUT2D eigenvalue weighted by molar-refractivity contribution is 5.77. The summed E-state index contributed by atoms with van der Waals surface area (Å²) >= 11 is 0. The van der Waals surface area contributed by atoms with E-state index in [4.69, 9.17) is 13.6 Å². The molecule has 2 aromatic carbocycles. The van der Waals surface area contributed by atoms with Gasteiger partial charge in [0.15, 0.2) is 5.60 Å². The lowest BCUT2D eigenvalue weighted by molar-refractivity contribution is -0.152. The fourth-order valence-corrected chi connectivity index (χ4v) is 4.17. The molecule has 2 heterocycles. The van der Waals surface area contributed by atoms with Gasteiger partial charge in [0.05, 0.1) is 18.5 Å². The van der Waals surface area contributed by atoms with Crippen LogP contribution in [-0.4, -0.2) is 26.6 Å². The molecule has 0 spiro atoms. The fraction of sp³-hybridized carbons (Fsp3) is 0.310. The Labute approximate surface area is 215 Å². The minimum Gasteiger partial charge on any atom is -0.478 e. The topological polar surface area (TPSA) is 88.9 Å². The lowest BCUT2D eigenvalue weighted by Crippen LogP contribution is -2.38. The van der Waals surface area contributed by atoms with Gasteiger partial charge in [-0.25, -0.2) is 14.2 Å². The van der Waals surface area contributed by atoms with Gasteiger partial charge in [0.25, 0.3) is 0 Å². The molecule has 0 aliphatic rings. The number of carboxylic acids is 1. The van der Waals surface area contributed by atoms with Gasteiger partial charge < -0.3 is 18.7 Å². The highest BCUT2D eigenvalue weighted by atomic mass is 19.1. The number of furan rings is 1. The van der Waals surface area contributed by atoms with Gasteiger partial charge in [0, 0.05) is 18.7 Å². The average molecular weight is 507 g/mol. The fourth-order valence-electron chi connectivity index (χ4n) is 4.17. The third-order valence-corrected chi connectivity index (χ3v) is 6.10. The van der Waals surface area contributed by atoms with Gasteiger partial charge in [0.2, 0.25) is 5.89 Å². The van der Waals surface area contributed by atoms with Gasteiger partial charge in [-0.2, -0.15) is 0 Å². The Balaban J connectivity index is 1.59. The Morgan fingerprint density at radius 3 is 2.41 bits per heavy atom. The number of benzene rings is 2. The number of aryl methyl sites for hydroxylation is 3. The van der Waals surface area contributed by atoms with E-state index >= 15 is 0 Å². The first-order chi connectivity index (χ1) is 17.5. The third kappa shape index (κ3) is 6.27. The number of aliphatic carboxylic acids is 1. The van der Waals surface area contributed by atoms with E-state index in [0.29, 0.717) is 42.6 Å². The number of ether oxygens (including phenoxy) is 1. The van der Waals surface area contributed by atoms with Gasteiger partial charge in [-0.3, -0.25) is 4.90 Å². The van der Waals surface area contributed by atoms with Crippen molar-refractivity contribution in [3.8, 4) is 17.2 Å². The zero-order valence-corrected chi connectivity index (χ0v) is 21.7. The Bertz CT molecular complexity index is 1370. The largest absolute Gasteiger partial charge is 0.478 e.